The summed E-state index contributed by atoms with van der Waals surface area (Å²) in [6.45, 7) is 0. The van der Waals surface area contributed by atoms with Crippen molar-refractivity contribution in [2.45, 2.75) is 6.42 Å². The number of thiazole rings is 1. The Bertz CT molecular complexity index is 378. The molecule has 2 aromatic heterocycles. The molecule has 0 amide bonds. The molecule has 0 N–H and O–H groups in total. The Kier molecular flexibility index (Phi) is 2.23. The number of hydrogen-bond acceptors (Lipinski definition) is 4. The number of Topliss-reactive ketones (excluding diaryl/α,β-unsaturated/α-hetero) is 1. The molecule has 13 heavy (non-hydrogen) atoms. The van der Waals surface area contributed by atoms with E-state index in [4.69, 9.17) is 4.42 Å². The van der Waals surface area contributed by atoms with Crippen molar-refractivity contribution < 1.29 is 9.21 Å². The third kappa shape index (κ3) is 1.84. The number of carbonyl (C=O) groups excluding carboxylic acids is 1. The highest BCUT2D eigenvalue weighted by atomic mass is 32.1. The standard InChI is InChI=1S/C9H7NO2S/c11-9(7-1-2-12-5-7)3-8-4-10-6-13-8/h1-2,4-6H,3H2. The summed E-state index contributed by atoms with van der Waals surface area (Å²) < 4.78 is 4.82. The number of rotatable bonds is 3. The maximum atomic E-state index is 11.5. The van der Waals surface area contributed by atoms with Gasteiger partial charge in [0.15, 0.2) is 5.78 Å². The van der Waals surface area contributed by atoms with Gasteiger partial charge in [-0.1, -0.05) is 0 Å². The van der Waals surface area contributed by atoms with Crippen LogP contribution in [0, 0.1) is 0 Å². The second-order valence-electron chi connectivity index (χ2n) is 2.58. The summed E-state index contributed by atoms with van der Waals surface area (Å²) >= 11 is 1.49. The highest BCUT2D eigenvalue weighted by Gasteiger charge is 2.08. The van der Waals surface area contributed by atoms with E-state index in [0.717, 1.165) is 4.88 Å². The van der Waals surface area contributed by atoms with Crippen molar-refractivity contribution in [3.8, 4) is 0 Å². The van der Waals surface area contributed by atoms with Gasteiger partial charge in [0, 0.05) is 17.5 Å². The molecule has 4 heteroatoms. The zero-order valence-corrected chi connectivity index (χ0v) is 7.58. The summed E-state index contributed by atoms with van der Waals surface area (Å²) in [6, 6.07) is 1.67. The van der Waals surface area contributed by atoms with Gasteiger partial charge in [0.1, 0.15) is 6.26 Å². The normalized spacial score (nSPS) is 10.2. The zero-order valence-electron chi connectivity index (χ0n) is 6.77. The molecule has 0 bridgehead atoms. The third-order valence-corrected chi connectivity index (χ3v) is 2.44. The quantitative estimate of drug-likeness (QED) is 0.701. The summed E-state index contributed by atoms with van der Waals surface area (Å²) in [5.41, 5.74) is 2.34. The topological polar surface area (TPSA) is 43.1 Å². The van der Waals surface area contributed by atoms with Crippen LogP contribution in [-0.2, 0) is 6.42 Å². The Balaban J connectivity index is 2.08. The van der Waals surface area contributed by atoms with E-state index < -0.39 is 0 Å². The largest absolute Gasteiger partial charge is 0.472 e. The first-order valence-electron chi connectivity index (χ1n) is 3.79. The molecular weight excluding hydrogens is 186 g/mol. The molecule has 0 aliphatic heterocycles. The van der Waals surface area contributed by atoms with Crippen molar-refractivity contribution in [3.63, 3.8) is 0 Å². The second kappa shape index (κ2) is 3.53. The molecule has 2 rings (SSSR count). The van der Waals surface area contributed by atoms with Crippen LogP contribution in [0.4, 0.5) is 0 Å². The Hall–Kier alpha value is -1.42. The van der Waals surface area contributed by atoms with Crippen LogP contribution in [0.2, 0.25) is 0 Å². The van der Waals surface area contributed by atoms with Gasteiger partial charge in [-0.2, -0.15) is 0 Å². The van der Waals surface area contributed by atoms with Crippen LogP contribution in [-0.4, -0.2) is 10.8 Å². The van der Waals surface area contributed by atoms with Crippen LogP contribution >= 0.6 is 11.3 Å². The van der Waals surface area contributed by atoms with Crippen LogP contribution in [0.25, 0.3) is 0 Å². The smallest absolute Gasteiger partial charge is 0.171 e. The first-order valence-corrected chi connectivity index (χ1v) is 4.67. The van der Waals surface area contributed by atoms with E-state index in [0.29, 0.717) is 12.0 Å². The van der Waals surface area contributed by atoms with Gasteiger partial charge < -0.3 is 4.42 Å². The van der Waals surface area contributed by atoms with Gasteiger partial charge in [0.2, 0.25) is 0 Å². The minimum Gasteiger partial charge on any atom is -0.472 e. The average Bonchev–Trinajstić information content (AvgIpc) is 2.74. The van der Waals surface area contributed by atoms with Gasteiger partial charge in [0.05, 0.1) is 17.3 Å². The molecule has 0 unspecified atom stereocenters. The van der Waals surface area contributed by atoms with Crippen LogP contribution in [0.15, 0.2) is 34.7 Å². The zero-order chi connectivity index (χ0) is 9.10. The van der Waals surface area contributed by atoms with Crippen molar-refractivity contribution in [1.29, 1.82) is 0 Å². The first kappa shape index (κ1) is 8.19. The molecule has 3 nitrogen and oxygen atoms in total. The van der Waals surface area contributed by atoms with Crippen LogP contribution in [0.5, 0.6) is 0 Å². The van der Waals surface area contributed by atoms with Crippen molar-refractivity contribution in [3.05, 3.63) is 40.7 Å². The Morgan fingerprint density at radius 2 is 2.54 bits per heavy atom. The van der Waals surface area contributed by atoms with E-state index in [9.17, 15) is 4.79 Å². The van der Waals surface area contributed by atoms with Crippen LogP contribution < -0.4 is 0 Å². The number of ketones is 1. The number of nitrogens with zero attached hydrogens (tertiary/aromatic N) is 1. The van der Waals surface area contributed by atoms with E-state index in [1.165, 1.54) is 23.9 Å². The van der Waals surface area contributed by atoms with E-state index in [1.54, 1.807) is 17.8 Å². The fraction of sp³-hybridized carbons (Fsp3) is 0.111. The van der Waals surface area contributed by atoms with E-state index in [-0.39, 0.29) is 5.78 Å². The Morgan fingerprint density at radius 3 is 3.15 bits per heavy atom. The number of furan rings is 1. The minimum atomic E-state index is 0.0676. The van der Waals surface area contributed by atoms with Gasteiger partial charge >= 0.3 is 0 Å². The minimum absolute atomic E-state index is 0.0676. The molecule has 2 aromatic rings. The number of aromatic nitrogens is 1. The molecule has 0 atom stereocenters. The van der Waals surface area contributed by atoms with Crippen LogP contribution in [0.1, 0.15) is 15.2 Å². The molecular formula is C9H7NO2S. The predicted octanol–water partition coefficient (Wildman–Crippen LogP) is 2.16. The summed E-state index contributed by atoms with van der Waals surface area (Å²) in [7, 11) is 0. The van der Waals surface area contributed by atoms with Crippen molar-refractivity contribution in [2.75, 3.05) is 0 Å². The first-order chi connectivity index (χ1) is 6.36. The molecule has 0 saturated heterocycles. The predicted molar refractivity (Wildman–Crippen MR) is 48.9 cm³/mol. The fourth-order valence-corrected chi connectivity index (χ4v) is 1.61. The summed E-state index contributed by atoms with van der Waals surface area (Å²) in [5, 5.41) is 0. The lowest BCUT2D eigenvalue weighted by atomic mass is 10.1. The number of hydrogen-bond donors (Lipinski definition) is 0. The molecule has 0 aliphatic carbocycles. The van der Waals surface area contributed by atoms with Crippen molar-refractivity contribution in [1.82, 2.24) is 4.98 Å². The maximum absolute atomic E-state index is 11.5. The SMILES string of the molecule is O=C(Cc1cncs1)c1ccoc1. The second-order valence-corrected chi connectivity index (χ2v) is 3.55. The molecule has 0 radical (unpaired) electrons. The molecule has 0 aromatic carbocycles. The monoisotopic (exact) mass is 193 g/mol. The molecule has 2 heterocycles. The molecule has 66 valence electrons. The highest BCUT2D eigenvalue weighted by Crippen LogP contribution is 2.10. The van der Waals surface area contributed by atoms with Gasteiger partial charge in [-0.3, -0.25) is 9.78 Å². The molecule has 0 aliphatic rings. The average molecular weight is 193 g/mol. The summed E-state index contributed by atoms with van der Waals surface area (Å²) in [4.78, 5) is 16.4. The molecule has 0 saturated carbocycles. The maximum Gasteiger partial charge on any atom is 0.171 e. The van der Waals surface area contributed by atoms with Gasteiger partial charge in [-0.15, -0.1) is 11.3 Å². The number of carbonyl (C=O) groups is 1. The lowest BCUT2D eigenvalue weighted by molar-refractivity contribution is 0.0993. The third-order valence-electron chi connectivity index (χ3n) is 1.66. The van der Waals surface area contributed by atoms with Crippen molar-refractivity contribution in [2.24, 2.45) is 0 Å². The summed E-state index contributed by atoms with van der Waals surface area (Å²) in [5.74, 6) is 0.0676. The van der Waals surface area contributed by atoms with E-state index in [1.807, 2.05) is 0 Å². The Morgan fingerprint density at radius 1 is 1.62 bits per heavy atom. The van der Waals surface area contributed by atoms with Gasteiger partial charge in [0.25, 0.3) is 0 Å². The molecule has 0 spiro atoms. The van der Waals surface area contributed by atoms with Gasteiger partial charge in [-0.25, -0.2) is 0 Å². The molecule has 0 fully saturated rings. The van der Waals surface area contributed by atoms with Crippen LogP contribution in [0.3, 0.4) is 0 Å². The lowest BCUT2D eigenvalue weighted by Crippen LogP contribution is -1.99. The van der Waals surface area contributed by atoms with E-state index >= 15 is 0 Å². The van der Waals surface area contributed by atoms with Gasteiger partial charge in [-0.05, 0) is 6.07 Å². The van der Waals surface area contributed by atoms with Crippen molar-refractivity contribution >= 4 is 17.1 Å². The Labute approximate surface area is 79.0 Å². The summed E-state index contributed by atoms with van der Waals surface area (Å²) in [6.07, 6.45) is 5.08. The van der Waals surface area contributed by atoms with E-state index in [2.05, 4.69) is 4.98 Å². The fourth-order valence-electron chi connectivity index (χ4n) is 1.01. The highest BCUT2D eigenvalue weighted by molar-refractivity contribution is 7.09. The lowest BCUT2D eigenvalue weighted by Gasteiger charge is -1.91.